The minimum Gasteiger partial charge on any atom is -0.467 e. The predicted molar refractivity (Wildman–Crippen MR) is 291 cm³/mol. The van der Waals surface area contributed by atoms with Gasteiger partial charge in [-0.2, -0.15) is 0 Å². The van der Waals surface area contributed by atoms with E-state index in [1.807, 2.05) is 41.5 Å². The maximum absolute atomic E-state index is 16.2. The molecule has 0 spiro atoms. The molecular formula is C61H102N2O8. The van der Waals surface area contributed by atoms with Crippen LogP contribution in [-0.4, -0.2) is 71.1 Å². The maximum atomic E-state index is 16.2. The molecule has 0 aromatic heterocycles. The highest BCUT2D eigenvalue weighted by atomic mass is 16.7. The fraction of sp³-hybridized carbons (Fsp3) is 0.770. The lowest BCUT2D eigenvalue weighted by molar-refractivity contribution is -0.183. The smallest absolute Gasteiger partial charge is 0.324 e. The van der Waals surface area contributed by atoms with Gasteiger partial charge in [-0.05, 0) is 143 Å². The van der Waals surface area contributed by atoms with E-state index in [1.165, 1.54) is 0 Å². The number of hydrogen-bond donors (Lipinski definition) is 2. The zero-order valence-corrected chi connectivity index (χ0v) is 49.9. The summed E-state index contributed by atoms with van der Waals surface area (Å²) in [4.78, 5) is 32.4. The lowest BCUT2D eigenvalue weighted by Gasteiger charge is -2.47. The summed E-state index contributed by atoms with van der Waals surface area (Å²) < 4.78 is 39.4. The average molecular weight is 991 g/mol. The molecular weight excluding hydrogens is 889 g/mol. The second kappa shape index (κ2) is 20.5. The van der Waals surface area contributed by atoms with E-state index < -0.39 is 62.4 Å². The van der Waals surface area contributed by atoms with Crippen LogP contribution in [0.4, 0.5) is 0 Å². The second-order valence-electron chi connectivity index (χ2n) is 30.2. The number of rotatable bonds is 14. The van der Waals surface area contributed by atoms with Gasteiger partial charge < -0.3 is 39.1 Å². The summed E-state index contributed by atoms with van der Waals surface area (Å²) in [7, 11) is 0. The highest BCUT2D eigenvalue weighted by molar-refractivity contribution is 6.01. The molecule has 0 bridgehead atoms. The summed E-state index contributed by atoms with van der Waals surface area (Å²) in [6.07, 6.45) is 1.47. The zero-order chi connectivity index (χ0) is 54.6. The molecule has 2 N–H and O–H groups in total. The van der Waals surface area contributed by atoms with Gasteiger partial charge in [0, 0.05) is 70.1 Å². The quantitative estimate of drug-likeness (QED) is 0.108. The number of ether oxygens (including phenoxy) is 6. The summed E-state index contributed by atoms with van der Waals surface area (Å²) in [5.41, 5.74) is -0.0694. The highest BCUT2D eigenvalue weighted by Gasteiger charge is 2.53. The lowest BCUT2D eigenvalue weighted by Crippen LogP contribution is -2.61. The molecule has 0 atom stereocenters. The van der Waals surface area contributed by atoms with E-state index in [1.54, 1.807) is 0 Å². The Labute approximate surface area is 432 Å². The van der Waals surface area contributed by atoms with Gasteiger partial charge >= 0.3 is 11.9 Å². The van der Waals surface area contributed by atoms with Crippen LogP contribution < -0.4 is 20.1 Å². The van der Waals surface area contributed by atoms with Crippen molar-refractivity contribution in [2.45, 2.75) is 286 Å². The molecule has 2 heterocycles. The van der Waals surface area contributed by atoms with Gasteiger partial charge in [-0.15, -0.1) is 0 Å². The largest absolute Gasteiger partial charge is 0.467 e. The number of carbonyl (C=O) groups is 2. The number of nitrogens with one attached hydrogen (secondary N) is 2. The van der Waals surface area contributed by atoms with Gasteiger partial charge in [-0.25, -0.2) is 0 Å². The molecule has 0 radical (unpaired) electrons. The fourth-order valence-electron chi connectivity index (χ4n) is 10.9. The summed E-state index contributed by atoms with van der Waals surface area (Å²) in [6.45, 7) is 55.5. The number of carbonyl (C=O) groups excluding carboxylic acids is 2. The molecule has 10 heteroatoms. The highest BCUT2D eigenvalue weighted by Crippen LogP contribution is 2.47. The van der Waals surface area contributed by atoms with Crippen LogP contribution >= 0.6 is 0 Å². The molecule has 0 saturated carbocycles. The summed E-state index contributed by atoms with van der Waals surface area (Å²) in [5.74, 6) is 0.358. The van der Waals surface area contributed by atoms with Crippen molar-refractivity contribution < 1.29 is 38.0 Å². The van der Waals surface area contributed by atoms with Crippen molar-refractivity contribution in [3.63, 3.8) is 0 Å². The molecule has 2 aromatic carbocycles. The van der Waals surface area contributed by atoms with Gasteiger partial charge in [0.2, 0.25) is 0 Å². The van der Waals surface area contributed by atoms with Crippen LogP contribution in [0.25, 0.3) is 0 Å². The predicted octanol–water partition coefficient (Wildman–Crippen LogP) is 13.7. The van der Waals surface area contributed by atoms with Gasteiger partial charge in [0.25, 0.3) is 0 Å². The lowest BCUT2D eigenvalue weighted by atomic mass is 9.71. The summed E-state index contributed by atoms with van der Waals surface area (Å²) >= 11 is 0. The van der Waals surface area contributed by atoms with Gasteiger partial charge in [-0.3, -0.25) is 9.59 Å². The molecule has 0 amide bonds. The Morgan fingerprint density at radius 2 is 0.690 bits per heavy atom. The molecule has 2 aromatic rings. The standard InChI is InChI=1S/C61H102N2O8/c1-51(2,3)43-27-39(28-44(52(4,5)6)47(43)66-37-68-55(13,14)15)31-61(49(64)70-41-33-57(19,20)62-58(21,22)34-41,50(65)71-42-35-59(23,24)63-60(25,26)36-42)32-40-29-45(53(7,8)9)48(46(30-40)54(10,11)12)67-38-69-56(16,17)18/h27-30,41-42,62-63H,31-38H2,1-26H3. The van der Waals surface area contributed by atoms with Gasteiger partial charge in [-0.1, -0.05) is 107 Å². The van der Waals surface area contributed by atoms with Crippen molar-refractivity contribution in [1.29, 1.82) is 0 Å². The average Bonchev–Trinajstić information content (AvgIpc) is 3.09. The summed E-state index contributed by atoms with van der Waals surface area (Å²) in [6, 6.07) is 8.55. The Kier molecular flexibility index (Phi) is 17.4. The number of hydrogen-bond acceptors (Lipinski definition) is 10. The molecule has 2 aliphatic heterocycles. The van der Waals surface area contributed by atoms with E-state index in [2.05, 4.69) is 173 Å². The first-order chi connectivity index (χ1) is 31.6. The minimum absolute atomic E-state index is 0.0263. The monoisotopic (exact) mass is 991 g/mol. The van der Waals surface area contributed by atoms with Crippen LogP contribution in [0.15, 0.2) is 24.3 Å². The summed E-state index contributed by atoms with van der Waals surface area (Å²) in [5, 5.41) is 7.50. The first-order valence-electron chi connectivity index (χ1n) is 26.5. The molecule has 2 fully saturated rings. The van der Waals surface area contributed by atoms with Crippen molar-refractivity contribution >= 4 is 11.9 Å². The van der Waals surface area contributed by atoms with E-state index in [4.69, 9.17) is 28.4 Å². The van der Waals surface area contributed by atoms with E-state index in [-0.39, 0.29) is 48.6 Å². The van der Waals surface area contributed by atoms with Crippen LogP contribution in [-0.2, 0) is 63.0 Å². The van der Waals surface area contributed by atoms with E-state index in [0.717, 1.165) is 44.9 Å². The third kappa shape index (κ3) is 16.9. The van der Waals surface area contributed by atoms with Crippen LogP contribution in [0.3, 0.4) is 0 Å². The molecule has 2 aliphatic rings. The number of benzene rings is 2. The Bertz CT molecular complexity index is 1930. The normalized spacial score (nSPS) is 19.3. The van der Waals surface area contributed by atoms with Crippen LogP contribution in [0.1, 0.15) is 239 Å². The third-order valence-corrected chi connectivity index (χ3v) is 13.6. The molecule has 4 rings (SSSR count). The maximum Gasteiger partial charge on any atom is 0.324 e. The van der Waals surface area contributed by atoms with Gasteiger partial charge in [0.05, 0.1) is 11.2 Å². The molecule has 0 unspecified atom stereocenters. The molecule has 71 heavy (non-hydrogen) atoms. The Balaban J connectivity index is 2.15. The Morgan fingerprint density at radius 3 is 0.901 bits per heavy atom. The molecule has 404 valence electrons. The Hall–Kier alpha value is -3.18. The van der Waals surface area contributed by atoms with E-state index in [9.17, 15) is 0 Å². The van der Waals surface area contributed by atoms with Crippen molar-refractivity contribution in [2.75, 3.05) is 13.6 Å². The number of piperidine rings is 2. The van der Waals surface area contributed by atoms with Crippen LogP contribution in [0.5, 0.6) is 11.5 Å². The van der Waals surface area contributed by atoms with Crippen LogP contribution in [0, 0.1) is 5.41 Å². The number of esters is 2. The molecule has 2 saturated heterocycles. The van der Waals surface area contributed by atoms with E-state index >= 15 is 9.59 Å². The van der Waals surface area contributed by atoms with Crippen molar-refractivity contribution in [1.82, 2.24) is 10.6 Å². The molecule has 0 aliphatic carbocycles. The van der Waals surface area contributed by atoms with Gasteiger partial charge in [0.15, 0.2) is 19.0 Å². The topological polar surface area (TPSA) is 114 Å². The van der Waals surface area contributed by atoms with Crippen molar-refractivity contribution in [3.8, 4) is 11.5 Å². The fourth-order valence-corrected chi connectivity index (χ4v) is 10.9. The van der Waals surface area contributed by atoms with Gasteiger partial charge in [0.1, 0.15) is 23.7 Å². The SMILES string of the molecule is CC1(C)CC(OC(=O)C(Cc2cc(C(C)(C)C)c(OCOC(C)(C)C)c(C(C)(C)C)c2)(Cc2cc(C(C)(C)C)c(OCOC(C)(C)C)c(C(C)(C)C)c2)C(=O)OC2CC(C)(C)NC(C)(C)C2)CC(C)(C)N1. The van der Waals surface area contributed by atoms with Crippen LogP contribution in [0.2, 0.25) is 0 Å². The first-order valence-corrected chi connectivity index (χ1v) is 26.5. The first kappa shape index (κ1) is 60.4. The van der Waals surface area contributed by atoms with E-state index in [0.29, 0.717) is 25.7 Å². The molecule has 10 nitrogen and oxygen atoms in total. The minimum atomic E-state index is -1.83. The zero-order valence-electron chi connectivity index (χ0n) is 49.9. The second-order valence-corrected chi connectivity index (χ2v) is 30.2. The third-order valence-electron chi connectivity index (χ3n) is 13.6. The van der Waals surface area contributed by atoms with Crippen molar-refractivity contribution in [3.05, 3.63) is 57.6 Å². The Morgan fingerprint density at radius 1 is 0.451 bits per heavy atom. The van der Waals surface area contributed by atoms with Crippen molar-refractivity contribution in [2.24, 2.45) is 5.41 Å².